The van der Waals surface area contributed by atoms with E-state index in [4.69, 9.17) is 10.5 Å². The van der Waals surface area contributed by atoms with Gasteiger partial charge in [0.1, 0.15) is 5.75 Å². The molecule has 1 saturated carbocycles. The summed E-state index contributed by atoms with van der Waals surface area (Å²) in [4.78, 5) is 7.02. The molecule has 2 N–H and O–H groups in total. The Morgan fingerprint density at radius 2 is 2.00 bits per heavy atom. The van der Waals surface area contributed by atoms with Crippen LogP contribution in [0.25, 0.3) is 0 Å². The summed E-state index contributed by atoms with van der Waals surface area (Å²) in [5.41, 5.74) is 8.30. The fourth-order valence-electron chi connectivity index (χ4n) is 3.26. The Morgan fingerprint density at radius 3 is 2.60 bits per heavy atom. The molecule has 2 rings (SSSR count). The van der Waals surface area contributed by atoms with E-state index in [0.29, 0.717) is 0 Å². The zero-order valence-electron chi connectivity index (χ0n) is 13.0. The molecule has 1 aliphatic rings. The first kappa shape index (κ1) is 15.3. The van der Waals surface area contributed by atoms with E-state index in [1.165, 1.54) is 32.1 Å². The standard InChI is InChI=1S/C16H27N3O/c1-13-9-15(20-3)10-14(18-13)11-19(2)16(12-17)7-5-4-6-8-16/h9-10H,4-8,11-12,17H2,1-3H3. The number of nitrogens with two attached hydrogens (primary N) is 1. The van der Waals surface area contributed by atoms with Gasteiger partial charge in [-0.25, -0.2) is 0 Å². The van der Waals surface area contributed by atoms with Gasteiger partial charge in [0.2, 0.25) is 0 Å². The van der Waals surface area contributed by atoms with Gasteiger partial charge in [0.05, 0.1) is 12.8 Å². The molecule has 1 aromatic rings. The van der Waals surface area contributed by atoms with E-state index in [2.05, 4.69) is 16.9 Å². The average molecular weight is 277 g/mol. The van der Waals surface area contributed by atoms with Crippen LogP contribution in [0.15, 0.2) is 12.1 Å². The summed E-state index contributed by atoms with van der Waals surface area (Å²) in [6, 6.07) is 3.99. The Hall–Kier alpha value is -1.13. The zero-order valence-corrected chi connectivity index (χ0v) is 13.0. The molecule has 20 heavy (non-hydrogen) atoms. The molecule has 0 aromatic carbocycles. The van der Waals surface area contributed by atoms with E-state index >= 15 is 0 Å². The summed E-state index contributed by atoms with van der Waals surface area (Å²) in [5, 5.41) is 0. The molecule has 4 heteroatoms. The predicted molar refractivity (Wildman–Crippen MR) is 81.9 cm³/mol. The molecule has 0 amide bonds. The molecular weight excluding hydrogens is 250 g/mol. The molecule has 0 saturated heterocycles. The van der Waals surface area contributed by atoms with Crippen molar-refractivity contribution in [3.05, 3.63) is 23.5 Å². The Labute approximate surface area is 122 Å². The average Bonchev–Trinajstić information content (AvgIpc) is 2.47. The third-order valence-electron chi connectivity index (χ3n) is 4.59. The first-order valence-corrected chi connectivity index (χ1v) is 7.52. The van der Waals surface area contributed by atoms with Crippen LogP contribution < -0.4 is 10.5 Å². The Morgan fingerprint density at radius 1 is 1.30 bits per heavy atom. The van der Waals surface area contributed by atoms with Crippen LogP contribution in [0, 0.1) is 6.92 Å². The lowest BCUT2D eigenvalue weighted by Gasteiger charge is -2.44. The van der Waals surface area contributed by atoms with E-state index in [0.717, 1.165) is 30.2 Å². The van der Waals surface area contributed by atoms with Crippen molar-refractivity contribution in [3.8, 4) is 5.75 Å². The highest BCUT2D eigenvalue weighted by molar-refractivity contribution is 5.26. The Bertz CT molecular complexity index is 441. The van der Waals surface area contributed by atoms with Crippen LogP contribution >= 0.6 is 0 Å². The number of methoxy groups -OCH3 is 1. The predicted octanol–water partition coefficient (Wildman–Crippen LogP) is 2.49. The summed E-state index contributed by atoms with van der Waals surface area (Å²) < 4.78 is 5.33. The largest absolute Gasteiger partial charge is 0.497 e. The van der Waals surface area contributed by atoms with Gasteiger partial charge in [0.25, 0.3) is 0 Å². The second kappa shape index (κ2) is 6.55. The third kappa shape index (κ3) is 3.30. The monoisotopic (exact) mass is 277 g/mol. The number of likely N-dealkylation sites (N-methyl/N-ethyl adjacent to an activating group) is 1. The first-order chi connectivity index (χ1) is 9.59. The highest BCUT2D eigenvalue weighted by atomic mass is 16.5. The van der Waals surface area contributed by atoms with E-state index in [1.807, 2.05) is 19.1 Å². The van der Waals surface area contributed by atoms with Crippen molar-refractivity contribution in [2.75, 3.05) is 20.7 Å². The second-order valence-electron chi connectivity index (χ2n) is 5.98. The van der Waals surface area contributed by atoms with E-state index < -0.39 is 0 Å². The van der Waals surface area contributed by atoms with E-state index in [-0.39, 0.29) is 5.54 Å². The summed E-state index contributed by atoms with van der Waals surface area (Å²) >= 11 is 0. The SMILES string of the molecule is COc1cc(C)nc(CN(C)C2(CN)CCCCC2)c1. The van der Waals surface area contributed by atoms with Gasteiger partial charge >= 0.3 is 0 Å². The third-order valence-corrected chi connectivity index (χ3v) is 4.59. The van der Waals surface area contributed by atoms with Crippen LogP contribution in [0.4, 0.5) is 0 Å². The number of aryl methyl sites for hydroxylation is 1. The lowest BCUT2D eigenvalue weighted by molar-refractivity contribution is 0.0746. The second-order valence-corrected chi connectivity index (χ2v) is 5.98. The van der Waals surface area contributed by atoms with Crippen LogP contribution in [-0.4, -0.2) is 36.1 Å². The molecule has 4 nitrogen and oxygen atoms in total. The number of hydrogen-bond acceptors (Lipinski definition) is 4. The number of hydrogen-bond donors (Lipinski definition) is 1. The Balaban J connectivity index is 2.13. The summed E-state index contributed by atoms with van der Waals surface area (Å²) in [6.07, 6.45) is 6.30. The minimum absolute atomic E-state index is 0.150. The molecule has 112 valence electrons. The smallest absolute Gasteiger partial charge is 0.122 e. The maximum Gasteiger partial charge on any atom is 0.122 e. The molecule has 1 aliphatic carbocycles. The highest BCUT2D eigenvalue weighted by Gasteiger charge is 2.34. The molecule has 1 fully saturated rings. The van der Waals surface area contributed by atoms with Crippen molar-refractivity contribution in [3.63, 3.8) is 0 Å². The first-order valence-electron chi connectivity index (χ1n) is 7.52. The minimum atomic E-state index is 0.150. The van der Waals surface area contributed by atoms with Crippen molar-refractivity contribution < 1.29 is 4.74 Å². The van der Waals surface area contributed by atoms with Crippen molar-refractivity contribution >= 4 is 0 Å². The van der Waals surface area contributed by atoms with Crippen molar-refractivity contribution in [2.24, 2.45) is 5.73 Å². The van der Waals surface area contributed by atoms with E-state index in [9.17, 15) is 0 Å². The van der Waals surface area contributed by atoms with Gasteiger partial charge in [-0.3, -0.25) is 9.88 Å². The van der Waals surface area contributed by atoms with Gasteiger partial charge in [-0.2, -0.15) is 0 Å². The fraction of sp³-hybridized carbons (Fsp3) is 0.688. The van der Waals surface area contributed by atoms with Gasteiger partial charge in [-0.15, -0.1) is 0 Å². The van der Waals surface area contributed by atoms with Gasteiger partial charge in [-0.05, 0) is 26.8 Å². The maximum absolute atomic E-state index is 6.09. The molecule has 0 unspecified atom stereocenters. The van der Waals surface area contributed by atoms with Crippen LogP contribution in [0.1, 0.15) is 43.5 Å². The normalized spacial score (nSPS) is 18.2. The van der Waals surface area contributed by atoms with Gasteiger partial charge in [0.15, 0.2) is 0 Å². The van der Waals surface area contributed by atoms with Crippen molar-refractivity contribution in [1.29, 1.82) is 0 Å². The highest BCUT2D eigenvalue weighted by Crippen LogP contribution is 2.33. The van der Waals surface area contributed by atoms with Crippen molar-refractivity contribution in [1.82, 2.24) is 9.88 Å². The summed E-state index contributed by atoms with van der Waals surface area (Å²) in [7, 11) is 3.87. The molecule has 1 heterocycles. The maximum atomic E-state index is 6.09. The fourth-order valence-corrected chi connectivity index (χ4v) is 3.26. The lowest BCUT2D eigenvalue weighted by atomic mass is 9.80. The van der Waals surface area contributed by atoms with Gasteiger partial charge < -0.3 is 10.5 Å². The number of aromatic nitrogens is 1. The molecule has 0 spiro atoms. The van der Waals surface area contributed by atoms with E-state index in [1.54, 1.807) is 7.11 Å². The number of pyridine rings is 1. The molecular formula is C16H27N3O. The molecule has 0 radical (unpaired) electrons. The van der Waals surface area contributed by atoms with Crippen LogP contribution in [0.3, 0.4) is 0 Å². The lowest BCUT2D eigenvalue weighted by Crippen LogP contribution is -2.52. The molecule has 1 aromatic heterocycles. The molecule has 0 bridgehead atoms. The van der Waals surface area contributed by atoms with Gasteiger partial charge in [-0.1, -0.05) is 19.3 Å². The van der Waals surface area contributed by atoms with Crippen LogP contribution in [0.2, 0.25) is 0 Å². The summed E-state index contributed by atoms with van der Waals surface area (Å²) in [6.45, 7) is 3.56. The van der Waals surface area contributed by atoms with Crippen LogP contribution in [0.5, 0.6) is 5.75 Å². The Kier molecular flexibility index (Phi) is 5.00. The zero-order chi connectivity index (χ0) is 14.6. The molecule has 0 aliphatic heterocycles. The van der Waals surface area contributed by atoms with Crippen molar-refractivity contribution in [2.45, 2.75) is 51.1 Å². The molecule has 0 atom stereocenters. The van der Waals surface area contributed by atoms with Crippen LogP contribution in [-0.2, 0) is 6.54 Å². The number of nitrogens with zero attached hydrogens (tertiary/aromatic N) is 2. The number of rotatable bonds is 5. The minimum Gasteiger partial charge on any atom is -0.497 e. The van der Waals surface area contributed by atoms with Gasteiger partial charge in [0, 0.05) is 36.5 Å². The topological polar surface area (TPSA) is 51.4 Å². The summed E-state index contributed by atoms with van der Waals surface area (Å²) in [5.74, 6) is 0.881. The number of ether oxygens (including phenoxy) is 1. The quantitative estimate of drug-likeness (QED) is 0.898.